The SMILES string of the molecule is C[C@H]1C[C@](O)(c2cccc(S(=O)(=O)CC(=O)c3ccccc3)c2)CCO1. The van der Waals surface area contributed by atoms with Gasteiger partial charge in [0.1, 0.15) is 5.75 Å². The van der Waals surface area contributed by atoms with Crippen molar-refractivity contribution in [1.29, 1.82) is 0 Å². The van der Waals surface area contributed by atoms with Gasteiger partial charge in [-0.2, -0.15) is 0 Å². The third-order valence-corrected chi connectivity index (χ3v) is 6.30. The van der Waals surface area contributed by atoms with Crippen molar-refractivity contribution in [1.82, 2.24) is 0 Å². The number of carbonyl (C=O) groups excluding carboxylic acids is 1. The fraction of sp³-hybridized carbons (Fsp3) is 0.350. The van der Waals surface area contributed by atoms with Crippen LogP contribution < -0.4 is 0 Å². The Morgan fingerprint density at radius 1 is 1.19 bits per heavy atom. The molecule has 1 N–H and O–H groups in total. The molecule has 0 aromatic heterocycles. The van der Waals surface area contributed by atoms with Gasteiger partial charge in [-0.15, -0.1) is 0 Å². The van der Waals surface area contributed by atoms with E-state index < -0.39 is 27.0 Å². The Morgan fingerprint density at radius 2 is 1.92 bits per heavy atom. The molecule has 3 rings (SSSR count). The highest BCUT2D eigenvalue weighted by Gasteiger charge is 2.35. The lowest BCUT2D eigenvalue weighted by Crippen LogP contribution is -2.37. The fourth-order valence-electron chi connectivity index (χ4n) is 3.27. The van der Waals surface area contributed by atoms with E-state index in [1.165, 1.54) is 12.1 Å². The number of benzene rings is 2. The summed E-state index contributed by atoms with van der Waals surface area (Å²) in [5.74, 6) is -1.05. The number of ether oxygens (including phenoxy) is 1. The van der Waals surface area contributed by atoms with Crippen LogP contribution in [0.25, 0.3) is 0 Å². The van der Waals surface area contributed by atoms with Crippen LogP contribution >= 0.6 is 0 Å². The Hall–Kier alpha value is -2.02. The van der Waals surface area contributed by atoms with Crippen molar-refractivity contribution in [3.63, 3.8) is 0 Å². The molecule has 0 saturated carbocycles. The van der Waals surface area contributed by atoms with Gasteiger partial charge in [0.25, 0.3) is 0 Å². The van der Waals surface area contributed by atoms with Crippen LogP contribution in [0.5, 0.6) is 0 Å². The molecule has 26 heavy (non-hydrogen) atoms. The molecule has 2 atom stereocenters. The molecule has 1 saturated heterocycles. The molecule has 138 valence electrons. The van der Waals surface area contributed by atoms with Crippen molar-refractivity contribution in [3.8, 4) is 0 Å². The molecular weight excluding hydrogens is 352 g/mol. The number of hydrogen-bond acceptors (Lipinski definition) is 5. The first-order chi connectivity index (χ1) is 12.3. The predicted molar refractivity (Wildman–Crippen MR) is 97.8 cm³/mol. The van der Waals surface area contributed by atoms with Gasteiger partial charge in [0.05, 0.1) is 23.2 Å². The van der Waals surface area contributed by atoms with Crippen LogP contribution in [0.3, 0.4) is 0 Å². The lowest BCUT2D eigenvalue weighted by atomic mass is 9.84. The maximum Gasteiger partial charge on any atom is 0.185 e. The van der Waals surface area contributed by atoms with Crippen molar-refractivity contribution >= 4 is 15.6 Å². The Bertz CT molecular complexity index is 891. The van der Waals surface area contributed by atoms with Gasteiger partial charge in [0.15, 0.2) is 15.6 Å². The lowest BCUT2D eigenvalue weighted by Gasteiger charge is -2.36. The summed E-state index contributed by atoms with van der Waals surface area (Å²) in [6.45, 7) is 2.30. The van der Waals surface area contributed by atoms with Crippen LogP contribution in [0.15, 0.2) is 59.5 Å². The molecule has 2 aromatic rings. The average molecular weight is 374 g/mol. The van der Waals surface area contributed by atoms with E-state index in [2.05, 4.69) is 0 Å². The monoisotopic (exact) mass is 374 g/mol. The van der Waals surface area contributed by atoms with Gasteiger partial charge < -0.3 is 9.84 Å². The van der Waals surface area contributed by atoms with Gasteiger partial charge >= 0.3 is 0 Å². The topological polar surface area (TPSA) is 80.7 Å². The Labute approximate surface area is 153 Å². The second kappa shape index (κ2) is 7.31. The minimum atomic E-state index is -3.80. The van der Waals surface area contributed by atoms with E-state index >= 15 is 0 Å². The number of ketones is 1. The van der Waals surface area contributed by atoms with Crippen molar-refractivity contribution in [3.05, 3.63) is 65.7 Å². The minimum absolute atomic E-state index is 0.0480. The van der Waals surface area contributed by atoms with Crippen LogP contribution in [0.4, 0.5) is 0 Å². The van der Waals surface area contributed by atoms with E-state index in [1.807, 2.05) is 6.92 Å². The third-order valence-electron chi connectivity index (χ3n) is 4.69. The van der Waals surface area contributed by atoms with E-state index in [0.29, 0.717) is 30.6 Å². The maximum absolute atomic E-state index is 12.7. The molecule has 1 aliphatic heterocycles. The molecule has 0 unspecified atom stereocenters. The second-order valence-electron chi connectivity index (χ2n) is 6.74. The zero-order chi connectivity index (χ0) is 18.8. The first-order valence-corrected chi connectivity index (χ1v) is 10.2. The van der Waals surface area contributed by atoms with Crippen LogP contribution in [0.1, 0.15) is 35.7 Å². The van der Waals surface area contributed by atoms with Crippen LogP contribution in [0, 0.1) is 0 Å². The van der Waals surface area contributed by atoms with Crippen LogP contribution in [-0.2, 0) is 20.2 Å². The highest BCUT2D eigenvalue weighted by Crippen LogP contribution is 2.35. The maximum atomic E-state index is 12.7. The number of Topliss-reactive ketones (excluding diaryl/α,β-unsaturated/α-hetero) is 1. The number of sulfone groups is 1. The first-order valence-electron chi connectivity index (χ1n) is 8.56. The van der Waals surface area contributed by atoms with Gasteiger partial charge in [-0.3, -0.25) is 4.79 Å². The van der Waals surface area contributed by atoms with E-state index in [0.717, 1.165) is 0 Å². The third kappa shape index (κ3) is 4.03. The summed E-state index contributed by atoms with van der Waals surface area (Å²) in [6, 6.07) is 14.6. The summed E-state index contributed by atoms with van der Waals surface area (Å²) in [7, 11) is -3.80. The standard InChI is InChI=1S/C20H22O5S/c1-15-13-20(22,10-11-25-15)17-8-5-9-18(12-17)26(23,24)14-19(21)16-6-3-2-4-7-16/h2-9,12,15,22H,10-11,13-14H2,1H3/t15-,20-/m0/s1. The molecule has 0 radical (unpaired) electrons. The summed E-state index contributed by atoms with van der Waals surface area (Å²) in [5, 5.41) is 10.9. The Morgan fingerprint density at radius 3 is 2.62 bits per heavy atom. The van der Waals surface area contributed by atoms with Gasteiger partial charge in [-0.25, -0.2) is 8.42 Å². The van der Waals surface area contributed by atoms with Gasteiger partial charge in [-0.05, 0) is 24.6 Å². The molecule has 1 heterocycles. The van der Waals surface area contributed by atoms with E-state index in [4.69, 9.17) is 4.74 Å². The summed E-state index contributed by atoms with van der Waals surface area (Å²) in [4.78, 5) is 12.3. The second-order valence-corrected chi connectivity index (χ2v) is 8.73. The zero-order valence-electron chi connectivity index (χ0n) is 14.6. The summed E-state index contributed by atoms with van der Waals surface area (Å²) in [6.07, 6.45) is 0.706. The quantitative estimate of drug-likeness (QED) is 0.814. The molecular formula is C20H22O5S. The number of rotatable bonds is 5. The number of carbonyl (C=O) groups is 1. The van der Waals surface area contributed by atoms with E-state index in [9.17, 15) is 18.3 Å². The van der Waals surface area contributed by atoms with Crippen molar-refractivity contribution < 1.29 is 23.1 Å². The smallest absolute Gasteiger partial charge is 0.185 e. The fourth-order valence-corrected chi connectivity index (χ4v) is 4.54. The predicted octanol–water partition coefficient (Wildman–Crippen LogP) is 2.73. The molecule has 0 aliphatic carbocycles. The average Bonchev–Trinajstić information content (AvgIpc) is 2.62. The molecule has 0 amide bonds. The van der Waals surface area contributed by atoms with Crippen LogP contribution in [0.2, 0.25) is 0 Å². The summed E-state index contributed by atoms with van der Waals surface area (Å²) < 4.78 is 30.9. The normalized spacial score (nSPS) is 23.5. The van der Waals surface area contributed by atoms with E-state index in [1.54, 1.807) is 42.5 Å². The molecule has 0 spiro atoms. The zero-order valence-corrected chi connectivity index (χ0v) is 15.4. The molecule has 6 heteroatoms. The molecule has 5 nitrogen and oxygen atoms in total. The lowest BCUT2D eigenvalue weighted by molar-refractivity contribution is -0.101. The van der Waals surface area contributed by atoms with Crippen molar-refractivity contribution in [2.75, 3.05) is 12.4 Å². The molecule has 1 aliphatic rings. The number of aliphatic hydroxyl groups is 1. The molecule has 0 bridgehead atoms. The number of hydrogen-bond donors (Lipinski definition) is 1. The Balaban J connectivity index is 1.86. The Kier molecular flexibility index (Phi) is 5.27. The van der Waals surface area contributed by atoms with Gasteiger partial charge in [-0.1, -0.05) is 42.5 Å². The largest absolute Gasteiger partial charge is 0.385 e. The van der Waals surface area contributed by atoms with Crippen molar-refractivity contribution in [2.24, 2.45) is 0 Å². The van der Waals surface area contributed by atoms with E-state index in [-0.39, 0.29) is 11.0 Å². The van der Waals surface area contributed by atoms with Crippen molar-refractivity contribution in [2.45, 2.75) is 36.4 Å². The highest BCUT2D eigenvalue weighted by molar-refractivity contribution is 7.92. The summed E-state index contributed by atoms with van der Waals surface area (Å²) in [5.41, 5.74) is -0.211. The molecule has 2 aromatic carbocycles. The highest BCUT2D eigenvalue weighted by atomic mass is 32.2. The van der Waals surface area contributed by atoms with Gasteiger partial charge in [0.2, 0.25) is 0 Å². The first kappa shape index (κ1) is 18.8. The summed E-state index contributed by atoms with van der Waals surface area (Å²) >= 11 is 0. The molecule has 1 fully saturated rings. The minimum Gasteiger partial charge on any atom is -0.385 e. The van der Waals surface area contributed by atoms with Gasteiger partial charge in [0, 0.05) is 18.4 Å². The van der Waals surface area contributed by atoms with Crippen LogP contribution in [-0.4, -0.2) is 37.8 Å².